The van der Waals surface area contributed by atoms with Crippen molar-refractivity contribution in [2.75, 3.05) is 5.73 Å². The third kappa shape index (κ3) is 2.04. The highest BCUT2D eigenvalue weighted by Gasteiger charge is 2.35. The fourth-order valence-electron chi connectivity index (χ4n) is 1.50. The molecule has 2 aromatic rings. The number of nitrogens with zero attached hydrogens (tertiary/aromatic N) is 3. The summed E-state index contributed by atoms with van der Waals surface area (Å²) in [5, 5.41) is 3.90. The molecule has 0 radical (unpaired) electrons. The van der Waals surface area contributed by atoms with Crippen LogP contribution in [0.15, 0.2) is 12.1 Å². The van der Waals surface area contributed by atoms with Gasteiger partial charge in [0.2, 0.25) is 0 Å². The number of rotatable bonds is 1. The highest BCUT2D eigenvalue weighted by Crippen LogP contribution is 2.30. The maximum absolute atomic E-state index is 12.8. The van der Waals surface area contributed by atoms with Crippen molar-refractivity contribution >= 4 is 11.5 Å². The van der Waals surface area contributed by atoms with Gasteiger partial charge in [0.1, 0.15) is 5.82 Å². The van der Waals surface area contributed by atoms with E-state index in [1.54, 1.807) is 0 Å². The number of hydrogen-bond donors (Lipinski definition) is 1. The number of hydrogen-bond acceptors (Lipinski definition) is 3. The van der Waals surface area contributed by atoms with Crippen LogP contribution in [0.5, 0.6) is 0 Å². The topological polar surface area (TPSA) is 56.2 Å². The molecule has 0 spiro atoms. The molecular weight excluding hydrogens is 233 g/mol. The third-order valence-electron chi connectivity index (χ3n) is 2.35. The van der Waals surface area contributed by atoms with Gasteiger partial charge in [0.05, 0.1) is 5.69 Å². The standard InChI is InChI=1S/C10H11F3N4/c1-5(2)6-3-9-15-8(14)4-7(10(11,12)13)17(9)16-6/h3-5H,1-2H3,(H2,14,15). The smallest absolute Gasteiger partial charge is 0.384 e. The van der Waals surface area contributed by atoms with Gasteiger partial charge >= 0.3 is 6.18 Å². The molecule has 0 aliphatic carbocycles. The summed E-state index contributed by atoms with van der Waals surface area (Å²) in [7, 11) is 0. The number of nitrogen functional groups attached to an aromatic ring is 1. The summed E-state index contributed by atoms with van der Waals surface area (Å²) in [6.45, 7) is 3.69. The number of anilines is 1. The number of fused-ring (bicyclic) bond motifs is 1. The van der Waals surface area contributed by atoms with Gasteiger partial charge in [-0.05, 0) is 5.92 Å². The molecule has 2 rings (SSSR count). The molecule has 0 atom stereocenters. The second-order valence-electron chi connectivity index (χ2n) is 4.06. The predicted molar refractivity (Wildman–Crippen MR) is 56.5 cm³/mol. The van der Waals surface area contributed by atoms with Crippen molar-refractivity contribution in [3.8, 4) is 0 Å². The SMILES string of the molecule is CC(C)c1cc2nc(N)cc(C(F)(F)F)n2n1. The molecule has 2 heterocycles. The Morgan fingerprint density at radius 3 is 2.47 bits per heavy atom. The highest BCUT2D eigenvalue weighted by molar-refractivity contribution is 5.48. The minimum Gasteiger partial charge on any atom is -0.384 e. The average Bonchev–Trinajstić information content (AvgIpc) is 2.58. The molecule has 92 valence electrons. The fourth-order valence-corrected chi connectivity index (χ4v) is 1.50. The van der Waals surface area contributed by atoms with Gasteiger partial charge in [-0.15, -0.1) is 0 Å². The zero-order valence-corrected chi connectivity index (χ0v) is 9.28. The lowest BCUT2D eigenvalue weighted by Crippen LogP contribution is -2.14. The predicted octanol–water partition coefficient (Wildman–Crippen LogP) is 2.45. The van der Waals surface area contributed by atoms with Crippen molar-refractivity contribution in [1.29, 1.82) is 0 Å². The molecule has 4 nitrogen and oxygen atoms in total. The van der Waals surface area contributed by atoms with E-state index in [1.165, 1.54) is 6.07 Å². The van der Waals surface area contributed by atoms with E-state index >= 15 is 0 Å². The summed E-state index contributed by atoms with van der Waals surface area (Å²) in [5.74, 6) is -0.140. The van der Waals surface area contributed by atoms with Crippen molar-refractivity contribution < 1.29 is 13.2 Å². The van der Waals surface area contributed by atoms with Gasteiger partial charge in [-0.2, -0.15) is 18.3 Å². The molecule has 0 amide bonds. The van der Waals surface area contributed by atoms with Gasteiger partial charge in [-0.1, -0.05) is 13.8 Å². The molecule has 7 heteroatoms. The Kier molecular flexibility index (Phi) is 2.48. The molecule has 0 aliphatic heterocycles. The van der Waals surface area contributed by atoms with E-state index in [0.717, 1.165) is 10.6 Å². The summed E-state index contributed by atoms with van der Waals surface area (Å²) in [6, 6.07) is 2.29. The van der Waals surface area contributed by atoms with Crippen LogP contribution in [-0.4, -0.2) is 14.6 Å². The van der Waals surface area contributed by atoms with Crippen molar-refractivity contribution in [2.24, 2.45) is 0 Å². The quantitative estimate of drug-likeness (QED) is 0.838. The zero-order chi connectivity index (χ0) is 12.8. The van der Waals surface area contributed by atoms with E-state index in [0.29, 0.717) is 5.69 Å². The Morgan fingerprint density at radius 1 is 1.29 bits per heavy atom. The van der Waals surface area contributed by atoms with Crippen LogP contribution in [0.1, 0.15) is 31.2 Å². The molecule has 0 bridgehead atoms. The van der Waals surface area contributed by atoms with Crippen LogP contribution in [0.25, 0.3) is 5.65 Å². The Bertz CT molecular complexity index is 556. The lowest BCUT2D eigenvalue weighted by molar-refractivity contribution is -0.142. The summed E-state index contributed by atoms with van der Waals surface area (Å²) in [4.78, 5) is 3.83. The minimum atomic E-state index is -4.50. The van der Waals surface area contributed by atoms with Gasteiger partial charge in [-0.3, -0.25) is 0 Å². The van der Waals surface area contributed by atoms with Crippen LogP contribution in [0.4, 0.5) is 19.0 Å². The molecule has 0 unspecified atom stereocenters. The number of aromatic nitrogens is 3. The van der Waals surface area contributed by atoms with E-state index in [-0.39, 0.29) is 17.4 Å². The molecule has 2 N–H and O–H groups in total. The molecule has 0 saturated carbocycles. The normalized spacial score (nSPS) is 12.6. The van der Waals surface area contributed by atoms with E-state index < -0.39 is 11.9 Å². The minimum absolute atomic E-state index is 0.0269. The molecule has 0 saturated heterocycles. The second kappa shape index (κ2) is 3.61. The van der Waals surface area contributed by atoms with Crippen LogP contribution in [0.3, 0.4) is 0 Å². The number of halogens is 3. The average molecular weight is 244 g/mol. The Balaban J connectivity index is 2.75. The van der Waals surface area contributed by atoms with E-state index in [9.17, 15) is 13.2 Å². The first-order chi connectivity index (χ1) is 7.79. The molecule has 17 heavy (non-hydrogen) atoms. The number of alkyl halides is 3. The van der Waals surface area contributed by atoms with E-state index in [4.69, 9.17) is 5.73 Å². The van der Waals surface area contributed by atoms with Gasteiger partial charge in [0, 0.05) is 12.1 Å². The van der Waals surface area contributed by atoms with Gasteiger partial charge < -0.3 is 5.73 Å². The van der Waals surface area contributed by atoms with E-state index in [1.807, 2.05) is 13.8 Å². The monoisotopic (exact) mass is 244 g/mol. The van der Waals surface area contributed by atoms with Gasteiger partial charge in [0.15, 0.2) is 11.3 Å². The summed E-state index contributed by atoms with van der Waals surface area (Å²) in [6.07, 6.45) is -4.50. The van der Waals surface area contributed by atoms with Gasteiger partial charge in [0.25, 0.3) is 0 Å². The lowest BCUT2D eigenvalue weighted by atomic mass is 10.1. The maximum Gasteiger partial charge on any atom is 0.433 e. The van der Waals surface area contributed by atoms with Crippen LogP contribution in [0, 0.1) is 0 Å². The van der Waals surface area contributed by atoms with E-state index in [2.05, 4.69) is 10.1 Å². The molecule has 0 aromatic carbocycles. The summed E-state index contributed by atoms with van der Waals surface area (Å²) >= 11 is 0. The van der Waals surface area contributed by atoms with Crippen molar-refractivity contribution in [3.05, 3.63) is 23.5 Å². The molecule has 0 aliphatic rings. The lowest BCUT2D eigenvalue weighted by Gasteiger charge is -2.08. The highest BCUT2D eigenvalue weighted by atomic mass is 19.4. The Hall–Kier alpha value is -1.79. The fraction of sp³-hybridized carbons (Fsp3) is 0.400. The van der Waals surface area contributed by atoms with Crippen LogP contribution >= 0.6 is 0 Å². The van der Waals surface area contributed by atoms with Crippen molar-refractivity contribution in [3.63, 3.8) is 0 Å². The first kappa shape index (κ1) is 11.7. The Morgan fingerprint density at radius 2 is 1.94 bits per heavy atom. The first-order valence-electron chi connectivity index (χ1n) is 5.02. The first-order valence-corrected chi connectivity index (χ1v) is 5.02. The van der Waals surface area contributed by atoms with Crippen molar-refractivity contribution in [1.82, 2.24) is 14.6 Å². The summed E-state index contributed by atoms with van der Waals surface area (Å²) < 4.78 is 39.1. The van der Waals surface area contributed by atoms with Gasteiger partial charge in [-0.25, -0.2) is 9.50 Å². The Labute approximate surface area is 95.3 Å². The van der Waals surface area contributed by atoms with Crippen molar-refractivity contribution in [2.45, 2.75) is 25.9 Å². The molecule has 0 fully saturated rings. The largest absolute Gasteiger partial charge is 0.433 e. The number of nitrogens with two attached hydrogens (primary N) is 1. The van der Waals surface area contributed by atoms with Crippen LogP contribution in [-0.2, 0) is 6.18 Å². The van der Waals surface area contributed by atoms with Crippen LogP contribution in [0.2, 0.25) is 0 Å². The third-order valence-corrected chi connectivity index (χ3v) is 2.35. The zero-order valence-electron chi connectivity index (χ0n) is 9.28. The summed E-state index contributed by atoms with van der Waals surface area (Å²) in [5.41, 5.74) is 5.11. The van der Waals surface area contributed by atoms with Crippen LogP contribution < -0.4 is 5.73 Å². The second-order valence-corrected chi connectivity index (χ2v) is 4.06. The molecular formula is C10H11F3N4. The molecule has 2 aromatic heterocycles. The maximum atomic E-state index is 12.8.